The third-order valence-corrected chi connectivity index (χ3v) is 2.41. The van der Waals surface area contributed by atoms with E-state index in [0.717, 1.165) is 6.07 Å². The van der Waals surface area contributed by atoms with E-state index in [2.05, 4.69) is 0 Å². The first-order valence-corrected chi connectivity index (χ1v) is 4.85. The summed E-state index contributed by atoms with van der Waals surface area (Å²) >= 11 is 0. The van der Waals surface area contributed by atoms with Gasteiger partial charge in [0.25, 0.3) is 0 Å². The molecule has 0 aliphatic carbocycles. The van der Waals surface area contributed by atoms with Crippen molar-refractivity contribution in [2.45, 2.75) is 26.0 Å². The van der Waals surface area contributed by atoms with Crippen LogP contribution >= 0.6 is 0 Å². The number of halogens is 1. The first-order valence-electron chi connectivity index (χ1n) is 4.85. The molecule has 0 spiro atoms. The normalized spacial score (nSPS) is 15.3. The average Bonchev–Trinajstić information content (AvgIpc) is 2.19. The molecule has 0 saturated carbocycles. The molecule has 1 aromatic carbocycles. The highest BCUT2D eigenvalue weighted by Gasteiger charge is 2.20. The van der Waals surface area contributed by atoms with Gasteiger partial charge in [0.05, 0.1) is 12.1 Å². The topological polar surface area (TPSA) is 66.5 Å². The zero-order valence-electron chi connectivity index (χ0n) is 8.81. The Morgan fingerprint density at radius 3 is 2.40 bits per heavy atom. The lowest BCUT2D eigenvalue weighted by atomic mass is 9.94. The summed E-state index contributed by atoms with van der Waals surface area (Å²) in [6.45, 7) is 3.67. The van der Waals surface area contributed by atoms with Crippen molar-refractivity contribution in [3.05, 3.63) is 29.6 Å². The lowest BCUT2D eigenvalue weighted by molar-refractivity contribution is 0.0978. The van der Waals surface area contributed by atoms with E-state index in [0.29, 0.717) is 5.56 Å². The van der Waals surface area contributed by atoms with Gasteiger partial charge in [-0.15, -0.1) is 0 Å². The summed E-state index contributed by atoms with van der Waals surface area (Å²) in [4.78, 5) is 0. The Hall–Kier alpha value is -1.13. The number of nitrogens with two attached hydrogens (primary N) is 1. The molecule has 0 radical (unpaired) electrons. The molecule has 0 saturated heterocycles. The van der Waals surface area contributed by atoms with Crippen molar-refractivity contribution in [2.24, 2.45) is 11.7 Å². The molecule has 0 unspecified atom stereocenters. The first-order chi connectivity index (χ1) is 6.93. The van der Waals surface area contributed by atoms with Crippen LogP contribution in [0.2, 0.25) is 0 Å². The number of benzene rings is 1. The zero-order valence-corrected chi connectivity index (χ0v) is 8.81. The lowest BCUT2D eigenvalue weighted by Gasteiger charge is -2.22. The van der Waals surface area contributed by atoms with Crippen LogP contribution < -0.4 is 5.73 Å². The first kappa shape index (κ1) is 11.9. The predicted molar refractivity (Wildman–Crippen MR) is 55.8 cm³/mol. The van der Waals surface area contributed by atoms with Crippen molar-refractivity contribution in [3.63, 3.8) is 0 Å². The number of rotatable bonds is 3. The Kier molecular flexibility index (Phi) is 3.66. The second kappa shape index (κ2) is 4.59. The maximum absolute atomic E-state index is 13.0. The Morgan fingerprint density at radius 1 is 1.33 bits per heavy atom. The van der Waals surface area contributed by atoms with Gasteiger partial charge in [-0.25, -0.2) is 4.39 Å². The van der Waals surface area contributed by atoms with Gasteiger partial charge in [0.2, 0.25) is 0 Å². The highest BCUT2D eigenvalue weighted by molar-refractivity contribution is 5.30. The molecule has 0 fully saturated rings. The fraction of sp³-hybridized carbons (Fsp3) is 0.455. The Labute approximate surface area is 88.4 Å². The molecule has 0 amide bonds. The molecule has 1 aromatic rings. The summed E-state index contributed by atoms with van der Waals surface area (Å²) < 4.78 is 13.0. The molecular formula is C11H16FNO2. The molecule has 3 nitrogen and oxygen atoms in total. The molecule has 0 aromatic heterocycles. The molecule has 2 atom stereocenters. The fourth-order valence-electron chi connectivity index (χ4n) is 1.34. The summed E-state index contributed by atoms with van der Waals surface area (Å²) in [5.41, 5.74) is 6.24. The van der Waals surface area contributed by atoms with E-state index in [9.17, 15) is 9.50 Å². The van der Waals surface area contributed by atoms with Crippen molar-refractivity contribution in [1.82, 2.24) is 0 Å². The lowest BCUT2D eigenvalue weighted by Crippen LogP contribution is -2.30. The van der Waals surface area contributed by atoms with Crippen LogP contribution in [0.25, 0.3) is 0 Å². The highest BCUT2D eigenvalue weighted by atomic mass is 19.1. The van der Waals surface area contributed by atoms with Crippen LogP contribution in [0.15, 0.2) is 18.2 Å². The largest absolute Gasteiger partial charge is 0.505 e. The van der Waals surface area contributed by atoms with Gasteiger partial charge in [-0.1, -0.05) is 19.9 Å². The molecule has 1 rings (SSSR count). The minimum atomic E-state index is -0.728. The van der Waals surface area contributed by atoms with E-state index in [4.69, 9.17) is 10.8 Å². The number of phenols is 1. The van der Waals surface area contributed by atoms with Crippen LogP contribution in [0, 0.1) is 11.7 Å². The van der Waals surface area contributed by atoms with Crippen LogP contribution in [-0.4, -0.2) is 16.3 Å². The highest BCUT2D eigenvalue weighted by Crippen LogP contribution is 2.23. The number of aromatic hydroxyl groups is 1. The van der Waals surface area contributed by atoms with Gasteiger partial charge in [0.1, 0.15) is 0 Å². The number of phenolic OH excluding ortho intramolecular Hbond substituents is 1. The van der Waals surface area contributed by atoms with Crippen LogP contribution in [-0.2, 0) is 0 Å². The van der Waals surface area contributed by atoms with Gasteiger partial charge in [-0.2, -0.15) is 0 Å². The van der Waals surface area contributed by atoms with Crippen molar-refractivity contribution < 1.29 is 14.6 Å². The van der Waals surface area contributed by atoms with Gasteiger partial charge >= 0.3 is 0 Å². The third-order valence-electron chi connectivity index (χ3n) is 2.41. The third kappa shape index (κ3) is 2.67. The average molecular weight is 213 g/mol. The molecule has 0 aliphatic rings. The van der Waals surface area contributed by atoms with Crippen molar-refractivity contribution in [2.75, 3.05) is 0 Å². The minimum Gasteiger partial charge on any atom is -0.505 e. The van der Waals surface area contributed by atoms with Crippen molar-refractivity contribution >= 4 is 0 Å². The molecule has 15 heavy (non-hydrogen) atoms. The maximum Gasteiger partial charge on any atom is 0.165 e. The monoisotopic (exact) mass is 213 g/mol. The molecular weight excluding hydrogens is 197 g/mol. The smallest absolute Gasteiger partial charge is 0.165 e. The van der Waals surface area contributed by atoms with E-state index >= 15 is 0 Å². The molecule has 4 N–H and O–H groups in total. The number of hydrogen-bond donors (Lipinski definition) is 3. The van der Waals surface area contributed by atoms with Crippen LogP contribution in [0.3, 0.4) is 0 Å². The summed E-state index contributed by atoms with van der Waals surface area (Å²) in [5, 5.41) is 18.7. The second-order valence-electron chi connectivity index (χ2n) is 3.97. The Bertz CT molecular complexity index is 341. The van der Waals surface area contributed by atoms with Gasteiger partial charge in [-0.05, 0) is 23.6 Å². The molecule has 0 bridgehead atoms. The summed E-state index contributed by atoms with van der Waals surface area (Å²) in [5.74, 6) is -1.14. The Morgan fingerprint density at radius 2 is 1.93 bits per heavy atom. The molecule has 84 valence electrons. The molecule has 0 aliphatic heterocycles. The minimum absolute atomic E-state index is 0.00290. The van der Waals surface area contributed by atoms with Gasteiger partial charge in [0.15, 0.2) is 11.6 Å². The second-order valence-corrected chi connectivity index (χ2v) is 3.97. The SMILES string of the molecule is CC(C)[C@H](O)[C@H](N)c1ccc(O)c(F)c1. The summed E-state index contributed by atoms with van der Waals surface area (Å²) in [6.07, 6.45) is -0.728. The van der Waals surface area contributed by atoms with Crippen molar-refractivity contribution in [3.8, 4) is 5.75 Å². The quantitative estimate of drug-likeness (QED) is 0.713. The van der Waals surface area contributed by atoms with E-state index in [1.165, 1.54) is 12.1 Å². The standard InChI is InChI=1S/C11H16FNO2/c1-6(2)11(15)10(13)7-3-4-9(14)8(12)5-7/h3-6,10-11,14-15H,13H2,1-2H3/t10-,11+/m1/s1. The van der Waals surface area contributed by atoms with Crippen LogP contribution in [0.1, 0.15) is 25.5 Å². The maximum atomic E-state index is 13.0. The summed E-state index contributed by atoms with van der Waals surface area (Å²) in [6, 6.07) is 3.25. The predicted octanol–water partition coefficient (Wildman–Crippen LogP) is 1.55. The van der Waals surface area contributed by atoms with Crippen LogP contribution in [0.4, 0.5) is 4.39 Å². The van der Waals surface area contributed by atoms with Crippen LogP contribution in [0.5, 0.6) is 5.75 Å². The summed E-state index contributed by atoms with van der Waals surface area (Å²) in [7, 11) is 0. The zero-order chi connectivity index (χ0) is 11.6. The van der Waals surface area contributed by atoms with E-state index in [-0.39, 0.29) is 5.92 Å². The number of hydrogen-bond acceptors (Lipinski definition) is 3. The van der Waals surface area contributed by atoms with Crippen molar-refractivity contribution in [1.29, 1.82) is 0 Å². The number of aliphatic hydroxyl groups excluding tert-OH is 1. The van der Waals surface area contributed by atoms with E-state index in [1.807, 2.05) is 13.8 Å². The number of aliphatic hydroxyl groups is 1. The van der Waals surface area contributed by atoms with Gasteiger partial charge in [0, 0.05) is 0 Å². The Balaban J connectivity index is 2.91. The van der Waals surface area contributed by atoms with Gasteiger partial charge < -0.3 is 15.9 Å². The fourth-order valence-corrected chi connectivity index (χ4v) is 1.34. The van der Waals surface area contributed by atoms with E-state index < -0.39 is 23.7 Å². The molecule has 0 heterocycles. The van der Waals surface area contributed by atoms with Gasteiger partial charge in [-0.3, -0.25) is 0 Å². The van der Waals surface area contributed by atoms with E-state index in [1.54, 1.807) is 0 Å². The molecule has 4 heteroatoms.